The molecule has 0 amide bonds. The van der Waals surface area contributed by atoms with Gasteiger partial charge in [-0.3, -0.25) is 30.2 Å². The third-order valence-corrected chi connectivity index (χ3v) is 6.79. The summed E-state index contributed by atoms with van der Waals surface area (Å²) in [5, 5.41) is 44.7. The van der Waals surface area contributed by atoms with Crippen molar-refractivity contribution >= 4 is 23.8 Å². The molecule has 0 radical (unpaired) electrons. The first-order valence-corrected chi connectivity index (χ1v) is 12.7. The average Bonchev–Trinajstić information content (AvgIpc) is 2.81. The monoisotopic (exact) mass is 611 g/mol. The number of aliphatic imine (C=N–C) groups is 2. The molecule has 2 aromatic carbocycles. The Kier molecular flexibility index (Phi) is 11.9. The number of phenols is 2. The number of non-ortho nitro benzene ring substituents is 2. The quantitative estimate of drug-likeness (QED) is 0.290. The first-order valence-electron chi connectivity index (χ1n) is 12.7. The Morgan fingerprint density at radius 2 is 1.07 bits per heavy atom. The van der Waals surface area contributed by atoms with Gasteiger partial charge in [0.1, 0.15) is 11.5 Å². The number of phenolic OH excluding ortho intramolecular Hbond substituents is 2. The molecule has 3 rings (SSSR count). The van der Waals surface area contributed by atoms with E-state index in [-0.39, 0.29) is 75.9 Å². The number of nitrogens with zero attached hydrogens (tertiary/aromatic N) is 4. The van der Waals surface area contributed by atoms with Crippen LogP contribution in [0.5, 0.6) is 11.5 Å². The van der Waals surface area contributed by atoms with Crippen molar-refractivity contribution in [1.29, 1.82) is 0 Å². The number of nitro groups is 2. The minimum absolute atomic E-state index is 0. The second kappa shape index (κ2) is 13.6. The molecule has 0 heterocycles. The van der Waals surface area contributed by atoms with E-state index >= 15 is 0 Å². The molecule has 218 valence electrons. The molecule has 0 aliphatic heterocycles. The van der Waals surface area contributed by atoms with Gasteiger partial charge >= 0.3 is 0 Å². The molecule has 0 unspecified atom stereocenters. The summed E-state index contributed by atoms with van der Waals surface area (Å²) >= 11 is 0. The molecular weight excluding hydrogens is 576 g/mol. The molecule has 1 aliphatic carbocycles. The zero-order valence-corrected chi connectivity index (χ0v) is 25.6. The predicted molar refractivity (Wildman–Crippen MR) is 148 cm³/mol. The van der Waals surface area contributed by atoms with Crippen molar-refractivity contribution in [3.8, 4) is 11.5 Å². The number of nitro benzene ring substituents is 2. The Balaban J connectivity index is 0.00000400. The Labute approximate surface area is 251 Å². The largest absolute Gasteiger partial charge is 1.00 e. The van der Waals surface area contributed by atoms with E-state index < -0.39 is 20.7 Å². The van der Waals surface area contributed by atoms with E-state index in [9.17, 15) is 30.4 Å². The van der Waals surface area contributed by atoms with E-state index in [1.54, 1.807) is 0 Å². The smallest absolute Gasteiger partial charge is 0.270 e. The van der Waals surface area contributed by atoms with Crippen LogP contribution in [0.4, 0.5) is 11.4 Å². The van der Waals surface area contributed by atoms with Gasteiger partial charge in [0.2, 0.25) is 0 Å². The van der Waals surface area contributed by atoms with Gasteiger partial charge in [0.25, 0.3) is 11.4 Å². The van der Waals surface area contributed by atoms with Gasteiger partial charge in [-0.25, -0.2) is 0 Å². The summed E-state index contributed by atoms with van der Waals surface area (Å²) in [6.45, 7) is 11.2. The van der Waals surface area contributed by atoms with Gasteiger partial charge < -0.3 is 22.6 Å². The van der Waals surface area contributed by atoms with Gasteiger partial charge in [-0.15, -0.1) is 0 Å². The molecule has 0 spiro atoms. The molecule has 12 heteroatoms. The van der Waals surface area contributed by atoms with Gasteiger partial charge in [0.05, 0.1) is 21.9 Å². The van der Waals surface area contributed by atoms with E-state index in [1.807, 2.05) is 41.5 Å². The zero-order valence-electron chi connectivity index (χ0n) is 23.5. The van der Waals surface area contributed by atoms with Crippen LogP contribution in [0.1, 0.15) is 89.5 Å². The fraction of sp³-hybridized carbons (Fsp3) is 0.500. The first-order chi connectivity index (χ1) is 17.6. The molecule has 0 aromatic heterocycles. The molecule has 2 atom stereocenters. The Bertz CT molecular complexity index is 1200. The van der Waals surface area contributed by atoms with Gasteiger partial charge in [-0.1, -0.05) is 54.4 Å². The van der Waals surface area contributed by atoms with E-state index in [4.69, 9.17) is 0 Å². The number of hydrogen-bond acceptors (Lipinski definition) is 8. The van der Waals surface area contributed by atoms with Crippen LogP contribution in [0.15, 0.2) is 34.3 Å². The van der Waals surface area contributed by atoms with Crippen LogP contribution in [0.3, 0.4) is 0 Å². The van der Waals surface area contributed by atoms with Crippen LogP contribution in [0, 0.1) is 20.2 Å². The summed E-state index contributed by atoms with van der Waals surface area (Å²) in [4.78, 5) is 31.3. The number of hydrogen-bond donors (Lipinski definition) is 2. The zero-order chi connectivity index (χ0) is 28.4. The molecule has 1 fully saturated rings. The Morgan fingerprint density at radius 1 is 0.750 bits per heavy atom. The SMILES string of the molecule is CC(C)(C)c1cc([N+](=O)[O-])cc(C=N[C@@H]2CCCC[C@H]2N=Cc2cc([N+](=O)[O-])cc(C(C)(C)C)c2O)c1O.[Cl-].[Cr]. The first kappa shape index (κ1) is 35.0. The van der Waals surface area contributed by atoms with E-state index in [0.29, 0.717) is 11.1 Å². The topological polar surface area (TPSA) is 151 Å². The maximum absolute atomic E-state index is 11.5. The van der Waals surface area contributed by atoms with Gasteiger partial charge in [-0.2, -0.15) is 0 Å². The summed E-state index contributed by atoms with van der Waals surface area (Å²) in [6, 6.07) is 4.89. The number of halogens is 1. The van der Waals surface area contributed by atoms with Crippen molar-refractivity contribution < 1.29 is 49.8 Å². The summed E-state index contributed by atoms with van der Waals surface area (Å²) in [5.74, 6) is -0.0853. The van der Waals surface area contributed by atoms with Crippen LogP contribution >= 0.6 is 0 Å². The fourth-order valence-corrected chi connectivity index (χ4v) is 4.62. The molecule has 2 aromatic rings. The molecular formula is C28H36ClCrN4O6-. The molecule has 1 aliphatic rings. The molecule has 0 saturated heterocycles. The summed E-state index contributed by atoms with van der Waals surface area (Å²) in [6.07, 6.45) is 6.26. The fourth-order valence-electron chi connectivity index (χ4n) is 4.62. The summed E-state index contributed by atoms with van der Waals surface area (Å²) in [5.41, 5.74) is 0.188. The van der Waals surface area contributed by atoms with Gasteiger partial charge in [0, 0.05) is 76.3 Å². The van der Waals surface area contributed by atoms with Crippen LogP contribution < -0.4 is 12.4 Å². The number of benzene rings is 2. The predicted octanol–water partition coefficient (Wildman–Crippen LogP) is 3.36. The second-order valence-electron chi connectivity index (χ2n) is 11.9. The molecule has 40 heavy (non-hydrogen) atoms. The second-order valence-corrected chi connectivity index (χ2v) is 11.9. The van der Waals surface area contributed by atoms with Crippen LogP contribution in [-0.2, 0) is 28.2 Å². The maximum atomic E-state index is 11.5. The summed E-state index contributed by atoms with van der Waals surface area (Å²) < 4.78 is 0. The average molecular weight is 612 g/mol. The van der Waals surface area contributed by atoms with Crippen molar-refractivity contribution in [2.45, 2.75) is 90.1 Å². The van der Waals surface area contributed by atoms with Crippen LogP contribution in [0.25, 0.3) is 0 Å². The molecule has 10 nitrogen and oxygen atoms in total. The van der Waals surface area contributed by atoms with Crippen LogP contribution in [-0.4, -0.2) is 44.6 Å². The van der Waals surface area contributed by atoms with Crippen molar-refractivity contribution in [2.75, 3.05) is 0 Å². The number of rotatable bonds is 6. The number of aromatic hydroxyl groups is 2. The molecule has 0 bridgehead atoms. The Morgan fingerprint density at radius 3 is 1.35 bits per heavy atom. The Hall–Kier alpha value is -3.00. The minimum atomic E-state index is -0.511. The van der Waals surface area contributed by atoms with Crippen molar-refractivity contribution in [3.63, 3.8) is 0 Å². The summed E-state index contributed by atoms with van der Waals surface area (Å²) in [7, 11) is 0. The van der Waals surface area contributed by atoms with Gasteiger partial charge in [0.15, 0.2) is 0 Å². The molecule has 2 N–H and O–H groups in total. The van der Waals surface area contributed by atoms with E-state index in [1.165, 1.54) is 36.7 Å². The minimum Gasteiger partial charge on any atom is -1.00 e. The molecule has 1 saturated carbocycles. The maximum Gasteiger partial charge on any atom is 0.270 e. The van der Waals surface area contributed by atoms with E-state index in [2.05, 4.69) is 9.98 Å². The normalized spacial score (nSPS) is 17.9. The van der Waals surface area contributed by atoms with Crippen molar-refractivity contribution in [1.82, 2.24) is 0 Å². The van der Waals surface area contributed by atoms with Crippen LogP contribution in [0.2, 0.25) is 0 Å². The van der Waals surface area contributed by atoms with E-state index in [0.717, 1.165) is 25.7 Å². The van der Waals surface area contributed by atoms with Crippen molar-refractivity contribution in [3.05, 3.63) is 66.7 Å². The third kappa shape index (κ3) is 8.26. The standard InChI is InChI=1S/C28H36N4O6.ClH.Cr/c1-27(2,3)21-13-19(31(35)36)11-17(25(21)33)15-29-23-9-7-8-10-24(23)30-16-18-12-20(32(37)38)14-22(26(18)34)28(4,5)6;;/h11-16,23-24,33-34H,7-10H2,1-6H3;1H;/p-1/t23-,24-;;/m1../s1. The third-order valence-electron chi connectivity index (χ3n) is 6.79. The van der Waals surface area contributed by atoms with Gasteiger partial charge in [-0.05, 0) is 23.7 Å². The van der Waals surface area contributed by atoms with Crippen molar-refractivity contribution in [2.24, 2.45) is 9.98 Å².